The van der Waals surface area contributed by atoms with Crippen molar-refractivity contribution in [2.45, 2.75) is 0 Å². The molecular formula is C18H19FN2O4. The zero-order chi connectivity index (χ0) is 18.2. The van der Waals surface area contributed by atoms with Crippen LogP contribution in [0.2, 0.25) is 0 Å². The molecule has 2 amide bonds. The third-order valence-corrected chi connectivity index (χ3v) is 3.19. The van der Waals surface area contributed by atoms with Crippen LogP contribution in [0.15, 0.2) is 48.5 Å². The zero-order valence-electron chi connectivity index (χ0n) is 14.0. The molecule has 2 aromatic carbocycles. The highest BCUT2D eigenvalue weighted by atomic mass is 19.1. The first-order valence-corrected chi connectivity index (χ1v) is 7.56. The molecule has 0 aliphatic rings. The van der Waals surface area contributed by atoms with E-state index in [9.17, 15) is 14.0 Å². The molecule has 0 unspecified atom stereocenters. The summed E-state index contributed by atoms with van der Waals surface area (Å²) in [6, 6.07) is 12.4. The van der Waals surface area contributed by atoms with E-state index in [1.54, 1.807) is 44.4 Å². The Morgan fingerprint density at radius 2 is 1.68 bits per heavy atom. The lowest BCUT2D eigenvalue weighted by Gasteiger charge is -2.12. The molecule has 0 bridgehead atoms. The highest BCUT2D eigenvalue weighted by Crippen LogP contribution is 2.17. The van der Waals surface area contributed by atoms with Gasteiger partial charge in [0.25, 0.3) is 11.8 Å². The molecule has 7 heteroatoms. The summed E-state index contributed by atoms with van der Waals surface area (Å²) in [6.45, 7) is -0.369. The second-order valence-corrected chi connectivity index (χ2v) is 5.37. The van der Waals surface area contributed by atoms with E-state index in [0.717, 1.165) is 0 Å². The molecule has 0 heterocycles. The van der Waals surface area contributed by atoms with Crippen LogP contribution >= 0.6 is 0 Å². The SMILES string of the molecule is CN(C)C(=O)COc1ccc(NC(=O)COc2ccccc2F)cc1. The molecule has 0 aliphatic heterocycles. The van der Waals surface area contributed by atoms with Crippen LogP contribution < -0.4 is 14.8 Å². The second-order valence-electron chi connectivity index (χ2n) is 5.37. The Morgan fingerprint density at radius 3 is 2.32 bits per heavy atom. The van der Waals surface area contributed by atoms with Crippen molar-refractivity contribution in [1.29, 1.82) is 0 Å². The van der Waals surface area contributed by atoms with Gasteiger partial charge in [-0.1, -0.05) is 12.1 Å². The largest absolute Gasteiger partial charge is 0.484 e. The highest BCUT2D eigenvalue weighted by molar-refractivity contribution is 5.91. The maximum Gasteiger partial charge on any atom is 0.262 e. The molecule has 0 fully saturated rings. The molecule has 0 saturated carbocycles. The van der Waals surface area contributed by atoms with Gasteiger partial charge in [0.05, 0.1) is 0 Å². The van der Waals surface area contributed by atoms with Gasteiger partial charge >= 0.3 is 0 Å². The van der Waals surface area contributed by atoms with Gasteiger partial charge in [0.2, 0.25) is 0 Å². The smallest absolute Gasteiger partial charge is 0.262 e. The van der Waals surface area contributed by atoms with E-state index >= 15 is 0 Å². The minimum atomic E-state index is -0.524. The summed E-state index contributed by atoms with van der Waals surface area (Å²) in [6.07, 6.45) is 0. The number of halogens is 1. The molecule has 0 aliphatic carbocycles. The lowest BCUT2D eigenvalue weighted by atomic mass is 10.3. The first-order valence-electron chi connectivity index (χ1n) is 7.56. The average Bonchev–Trinajstić information content (AvgIpc) is 2.60. The van der Waals surface area contributed by atoms with Crippen LogP contribution in [0.1, 0.15) is 0 Å². The topological polar surface area (TPSA) is 67.9 Å². The second kappa shape index (κ2) is 8.68. The maximum atomic E-state index is 13.4. The van der Waals surface area contributed by atoms with Gasteiger partial charge in [0, 0.05) is 19.8 Å². The number of hydrogen-bond acceptors (Lipinski definition) is 4. The zero-order valence-corrected chi connectivity index (χ0v) is 14.0. The van der Waals surface area contributed by atoms with Crippen molar-refractivity contribution >= 4 is 17.5 Å². The van der Waals surface area contributed by atoms with Gasteiger partial charge in [-0.3, -0.25) is 9.59 Å². The maximum absolute atomic E-state index is 13.4. The average molecular weight is 346 g/mol. The Bertz CT molecular complexity index is 732. The predicted molar refractivity (Wildman–Crippen MR) is 91.2 cm³/mol. The number of carbonyl (C=O) groups excluding carboxylic acids is 2. The number of likely N-dealkylation sites (N-methyl/N-ethyl adjacent to an activating group) is 1. The molecule has 6 nitrogen and oxygen atoms in total. The Balaban J connectivity index is 1.81. The number of amides is 2. The summed E-state index contributed by atoms with van der Waals surface area (Å²) in [5.74, 6) is -0.561. The number of para-hydroxylation sites is 1. The molecule has 0 atom stereocenters. The minimum Gasteiger partial charge on any atom is -0.484 e. The fourth-order valence-electron chi connectivity index (χ4n) is 1.81. The predicted octanol–water partition coefficient (Wildman–Crippen LogP) is 2.31. The minimum absolute atomic E-state index is 0.0203. The van der Waals surface area contributed by atoms with Gasteiger partial charge in [-0.05, 0) is 36.4 Å². The number of hydrogen-bond donors (Lipinski definition) is 1. The van der Waals surface area contributed by atoms with Crippen LogP contribution in [0.3, 0.4) is 0 Å². The Hall–Kier alpha value is -3.09. The van der Waals surface area contributed by atoms with E-state index in [4.69, 9.17) is 9.47 Å². The van der Waals surface area contributed by atoms with Gasteiger partial charge in [-0.25, -0.2) is 4.39 Å². The lowest BCUT2D eigenvalue weighted by molar-refractivity contribution is -0.130. The van der Waals surface area contributed by atoms with Gasteiger partial charge < -0.3 is 19.7 Å². The Labute approximate surface area is 145 Å². The summed E-state index contributed by atoms with van der Waals surface area (Å²) < 4.78 is 23.9. The number of rotatable bonds is 7. The molecule has 0 aromatic heterocycles. The van der Waals surface area contributed by atoms with Gasteiger partial charge in [-0.15, -0.1) is 0 Å². The molecule has 0 radical (unpaired) electrons. The lowest BCUT2D eigenvalue weighted by Crippen LogP contribution is -2.27. The van der Waals surface area contributed by atoms with Gasteiger partial charge in [0.1, 0.15) is 5.75 Å². The number of anilines is 1. The van der Waals surface area contributed by atoms with Gasteiger partial charge in [-0.2, -0.15) is 0 Å². The number of nitrogens with one attached hydrogen (secondary N) is 1. The van der Waals surface area contributed by atoms with Crippen LogP contribution in [0.4, 0.5) is 10.1 Å². The van der Waals surface area contributed by atoms with Crippen molar-refractivity contribution in [2.75, 3.05) is 32.6 Å². The molecule has 0 spiro atoms. The van der Waals surface area contributed by atoms with Crippen LogP contribution in [-0.2, 0) is 9.59 Å². The quantitative estimate of drug-likeness (QED) is 0.835. The number of nitrogens with zero attached hydrogens (tertiary/aromatic N) is 1. The molecule has 2 aromatic rings. The number of benzene rings is 2. The molecule has 1 N–H and O–H groups in total. The van der Waals surface area contributed by atoms with Crippen LogP contribution in [0, 0.1) is 5.82 Å². The third-order valence-electron chi connectivity index (χ3n) is 3.19. The molecule has 25 heavy (non-hydrogen) atoms. The van der Waals surface area contributed by atoms with Gasteiger partial charge in [0.15, 0.2) is 24.8 Å². The summed E-state index contributed by atoms with van der Waals surface area (Å²) in [5.41, 5.74) is 0.536. The fraction of sp³-hybridized carbons (Fsp3) is 0.222. The number of ether oxygens (including phenoxy) is 2. The van der Waals surface area contributed by atoms with E-state index < -0.39 is 11.7 Å². The third kappa shape index (κ3) is 5.80. The van der Waals surface area contributed by atoms with Crippen LogP contribution in [0.25, 0.3) is 0 Å². The van der Waals surface area contributed by atoms with E-state index in [1.165, 1.54) is 23.1 Å². The number of carbonyl (C=O) groups is 2. The van der Waals surface area contributed by atoms with Crippen molar-refractivity contribution < 1.29 is 23.5 Å². The fourth-order valence-corrected chi connectivity index (χ4v) is 1.81. The molecule has 132 valence electrons. The standard InChI is InChI=1S/C18H19FN2O4/c1-21(2)18(23)12-24-14-9-7-13(8-10-14)20-17(22)11-25-16-6-4-3-5-15(16)19/h3-10H,11-12H2,1-2H3,(H,20,22). The van der Waals surface area contributed by atoms with E-state index in [2.05, 4.69) is 5.32 Å². The Morgan fingerprint density at radius 1 is 1.00 bits per heavy atom. The van der Waals surface area contributed by atoms with Crippen molar-refractivity contribution in [1.82, 2.24) is 4.90 Å². The summed E-state index contributed by atoms with van der Waals surface area (Å²) >= 11 is 0. The van der Waals surface area contributed by atoms with Crippen molar-refractivity contribution in [3.8, 4) is 11.5 Å². The van der Waals surface area contributed by atoms with E-state index in [0.29, 0.717) is 11.4 Å². The first-order chi connectivity index (χ1) is 12.0. The molecular weight excluding hydrogens is 327 g/mol. The molecule has 2 rings (SSSR count). The van der Waals surface area contributed by atoms with Crippen molar-refractivity contribution in [3.63, 3.8) is 0 Å². The van der Waals surface area contributed by atoms with Crippen molar-refractivity contribution in [3.05, 3.63) is 54.3 Å². The molecule has 0 saturated heterocycles. The van der Waals surface area contributed by atoms with Crippen LogP contribution in [-0.4, -0.2) is 44.0 Å². The first kappa shape index (κ1) is 18.3. The van der Waals surface area contributed by atoms with E-state index in [1.807, 2.05) is 0 Å². The van der Waals surface area contributed by atoms with Crippen LogP contribution in [0.5, 0.6) is 11.5 Å². The Kier molecular flexibility index (Phi) is 6.33. The summed E-state index contributed by atoms with van der Waals surface area (Å²) in [7, 11) is 3.29. The van der Waals surface area contributed by atoms with E-state index in [-0.39, 0.29) is 24.9 Å². The summed E-state index contributed by atoms with van der Waals surface area (Å²) in [5, 5.41) is 2.62. The normalized spacial score (nSPS) is 10.0. The van der Waals surface area contributed by atoms with Crippen molar-refractivity contribution in [2.24, 2.45) is 0 Å². The highest BCUT2D eigenvalue weighted by Gasteiger charge is 2.08. The summed E-state index contributed by atoms with van der Waals surface area (Å²) in [4.78, 5) is 24.7. The monoisotopic (exact) mass is 346 g/mol.